The Morgan fingerprint density at radius 2 is 1.61 bits per heavy atom. The number of piperazine rings is 1. The summed E-state index contributed by atoms with van der Waals surface area (Å²) in [7, 11) is 0. The van der Waals surface area contributed by atoms with Crippen molar-refractivity contribution in [2.24, 2.45) is 0 Å². The highest BCUT2D eigenvalue weighted by molar-refractivity contribution is 5.95. The number of carbonyl (C=O) groups excluding carboxylic acids is 1. The summed E-state index contributed by atoms with van der Waals surface area (Å²) in [6.45, 7) is 8.71. The third-order valence-electron chi connectivity index (χ3n) is 4.59. The fourth-order valence-corrected chi connectivity index (χ4v) is 3.55. The average Bonchev–Trinajstić information content (AvgIpc) is 2.47. The molecule has 23 heavy (non-hydrogen) atoms. The van der Waals surface area contributed by atoms with Gasteiger partial charge in [0.2, 0.25) is 5.91 Å². The lowest BCUT2D eigenvalue weighted by Crippen LogP contribution is -2.55. The van der Waals surface area contributed by atoms with Crippen molar-refractivity contribution in [3.05, 3.63) is 29.3 Å². The highest BCUT2D eigenvalue weighted by Crippen LogP contribution is 2.22. The molecule has 2 saturated heterocycles. The van der Waals surface area contributed by atoms with Crippen LogP contribution in [0.2, 0.25) is 0 Å². The number of carbonyl (C=O) groups is 1. The lowest BCUT2D eigenvalue weighted by Gasteiger charge is -2.40. The van der Waals surface area contributed by atoms with Crippen molar-refractivity contribution in [2.75, 3.05) is 37.6 Å². The predicted octanol–water partition coefficient (Wildman–Crippen LogP) is 2.55. The number of nitrogens with zero attached hydrogens (tertiary/aromatic N) is 2. The minimum absolute atomic E-state index is 0. The topological polar surface area (TPSA) is 35.6 Å². The van der Waals surface area contributed by atoms with Crippen molar-refractivity contribution in [2.45, 2.75) is 32.7 Å². The summed E-state index contributed by atoms with van der Waals surface area (Å²) in [4.78, 5) is 16.9. The Morgan fingerprint density at radius 3 is 2.17 bits per heavy atom. The number of amides is 1. The molecule has 3 rings (SSSR count). The summed E-state index contributed by atoms with van der Waals surface area (Å²) in [5, 5.41) is 3.39. The van der Waals surface area contributed by atoms with Crippen molar-refractivity contribution in [1.82, 2.24) is 10.2 Å². The summed E-state index contributed by atoms with van der Waals surface area (Å²) in [5.74, 6) is 0.241. The van der Waals surface area contributed by atoms with Gasteiger partial charge in [-0.2, -0.15) is 0 Å². The van der Waals surface area contributed by atoms with Gasteiger partial charge >= 0.3 is 0 Å². The van der Waals surface area contributed by atoms with Gasteiger partial charge < -0.3 is 10.2 Å². The summed E-state index contributed by atoms with van der Waals surface area (Å²) in [5.41, 5.74) is 3.50. The predicted molar refractivity (Wildman–Crippen MR) is 100 cm³/mol. The second-order valence-corrected chi connectivity index (χ2v) is 6.34. The van der Waals surface area contributed by atoms with E-state index in [2.05, 4.69) is 42.3 Å². The first kappa shape index (κ1) is 20.2. The molecule has 2 aliphatic rings. The van der Waals surface area contributed by atoms with E-state index in [-0.39, 0.29) is 30.7 Å². The first-order valence-corrected chi connectivity index (χ1v) is 7.97. The Kier molecular flexibility index (Phi) is 7.81. The van der Waals surface area contributed by atoms with Gasteiger partial charge in [-0.15, -0.1) is 24.8 Å². The summed E-state index contributed by atoms with van der Waals surface area (Å²) in [6.07, 6.45) is 2.33. The molecule has 1 aromatic rings. The van der Waals surface area contributed by atoms with E-state index < -0.39 is 0 Å². The van der Waals surface area contributed by atoms with Crippen LogP contribution in [0.5, 0.6) is 0 Å². The molecule has 0 bridgehead atoms. The Morgan fingerprint density at radius 1 is 1.00 bits per heavy atom. The number of benzene rings is 1. The number of hydrogen-bond donors (Lipinski definition) is 1. The van der Waals surface area contributed by atoms with Crippen LogP contribution in [0.4, 0.5) is 5.69 Å². The second-order valence-electron chi connectivity index (χ2n) is 6.34. The van der Waals surface area contributed by atoms with Gasteiger partial charge in [-0.05, 0) is 63.0 Å². The molecule has 0 spiro atoms. The largest absolute Gasteiger partial charge is 0.317 e. The van der Waals surface area contributed by atoms with Gasteiger partial charge in [0.05, 0.1) is 6.54 Å². The number of anilines is 1. The van der Waals surface area contributed by atoms with Crippen LogP contribution in [0.25, 0.3) is 0 Å². The Balaban J connectivity index is 0.00000132. The minimum Gasteiger partial charge on any atom is -0.317 e. The molecule has 1 amide bonds. The lowest BCUT2D eigenvalue weighted by molar-refractivity contribution is -0.122. The smallest absolute Gasteiger partial charge is 0.241 e. The number of aryl methyl sites for hydroxylation is 2. The SMILES string of the molecule is Cc1cc(C)cc(N2CCN(C3CCNCC3)CC2=O)c1.Cl.Cl. The Hall–Kier alpha value is -0.810. The van der Waals surface area contributed by atoms with Gasteiger partial charge in [0, 0.05) is 24.8 Å². The molecular weight excluding hydrogens is 333 g/mol. The number of nitrogens with one attached hydrogen (secondary N) is 1. The number of rotatable bonds is 2. The average molecular weight is 360 g/mol. The zero-order valence-corrected chi connectivity index (χ0v) is 15.5. The third kappa shape index (κ3) is 4.83. The fraction of sp³-hybridized carbons (Fsp3) is 0.588. The number of hydrogen-bond acceptors (Lipinski definition) is 3. The first-order chi connectivity index (χ1) is 10.1. The van der Waals surface area contributed by atoms with Gasteiger partial charge in [0.15, 0.2) is 0 Å². The molecule has 1 aromatic carbocycles. The first-order valence-electron chi connectivity index (χ1n) is 7.97. The van der Waals surface area contributed by atoms with Crippen LogP contribution in [0.3, 0.4) is 0 Å². The van der Waals surface area contributed by atoms with E-state index >= 15 is 0 Å². The van der Waals surface area contributed by atoms with Gasteiger partial charge in [-0.25, -0.2) is 0 Å². The van der Waals surface area contributed by atoms with Crippen LogP contribution >= 0.6 is 24.8 Å². The van der Waals surface area contributed by atoms with Crippen LogP contribution in [-0.2, 0) is 4.79 Å². The highest BCUT2D eigenvalue weighted by Gasteiger charge is 2.30. The molecule has 4 nitrogen and oxygen atoms in total. The quantitative estimate of drug-likeness (QED) is 0.881. The van der Waals surface area contributed by atoms with E-state index in [1.807, 2.05) is 4.90 Å². The van der Waals surface area contributed by atoms with E-state index in [1.54, 1.807) is 0 Å². The second kappa shape index (κ2) is 8.88. The summed E-state index contributed by atoms with van der Waals surface area (Å²) in [6, 6.07) is 6.96. The maximum absolute atomic E-state index is 12.5. The van der Waals surface area contributed by atoms with Gasteiger partial charge in [-0.1, -0.05) is 6.07 Å². The van der Waals surface area contributed by atoms with Crippen LogP contribution < -0.4 is 10.2 Å². The zero-order chi connectivity index (χ0) is 14.8. The molecule has 0 aromatic heterocycles. The van der Waals surface area contributed by atoms with Crippen molar-refractivity contribution in [3.8, 4) is 0 Å². The molecule has 0 aliphatic carbocycles. The highest BCUT2D eigenvalue weighted by atomic mass is 35.5. The van der Waals surface area contributed by atoms with Crippen LogP contribution in [0.1, 0.15) is 24.0 Å². The monoisotopic (exact) mass is 359 g/mol. The third-order valence-corrected chi connectivity index (χ3v) is 4.59. The van der Waals surface area contributed by atoms with Crippen molar-refractivity contribution in [3.63, 3.8) is 0 Å². The van der Waals surface area contributed by atoms with Gasteiger partial charge in [0.1, 0.15) is 0 Å². The van der Waals surface area contributed by atoms with Gasteiger partial charge in [-0.3, -0.25) is 9.69 Å². The number of halogens is 2. The van der Waals surface area contributed by atoms with E-state index in [0.717, 1.165) is 44.7 Å². The Bertz CT molecular complexity index is 512. The maximum Gasteiger partial charge on any atom is 0.241 e. The van der Waals surface area contributed by atoms with Crippen LogP contribution in [0, 0.1) is 13.8 Å². The van der Waals surface area contributed by atoms with Gasteiger partial charge in [0.25, 0.3) is 0 Å². The molecule has 6 heteroatoms. The molecule has 0 unspecified atom stereocenters. The normalized spacial score (nSPS) is 19.9. The minimum atomic E-state index is 0. The molecule has 1 N–H and O–H groups in total. The molecule has 2 fully saturated rings. The standard InChI is InChI=1S/C17H25N3O.2ClH/c1-13-9-14(2)11-16(10-13)20-8-7-19(12-17(20)21)15-3-5-18-6-4-15;;/h9-11,15,18H,3-8,12H2,1-2H3;2*1H. The molecule has 2 aliphatic heterocycles. The van der Waals surface area contributed by atoms with Crippen molar-refractivity contribution in [1.29, 1.82) is 0 Å². The van der Waals surface area contributed by atoms with E-state index in [0.29, 0.717) is 12.6 Å². The Labute approximate surface area is 151 Å². The zero-order valence-electron chi connectivity index (χ0n) is 13.9. The maximum atomic E-state index is 12.5. The molecule has 0 saturated carbocycles. The molecule has 0 radical (unpaired) electrons. The summed E-state index contributed by atoms with van der Waals surface area (Å²) < 4.78 is 0. The van der Waals surface area contributed by atoms with E-state index in [9.17, 15) is 4.79 Å². The molecule has 0 atom stereocenters. The van der Waals surface area contributed by atoms with Crippen LogP contribution in [-0.4, -0.2) is 49.6 Å². The fourth-order valence-electron chi connectivity index (χ4n) is 3.55. The van der Waals surface area contributed by atoms with E-state index in [1.165, 1.54) is 11.1 Å². The molecule has 130 valence electrons. The van der Waals surface area contributed by atoms with Crippen LogP contribution in [0.15, 0.2) is 18.2 Å². The number of piperidine rings is 1. The van der Waals surface area contributed by atoms with E-state index in [4.69, 9.17) is 0 Å². The van der Waals surface area contributed by atoms with Crippen molar-refractivity contribution < 1.29 is 4.79 Å². The lowest BCUT2D eigenvalue weighted by atomic mass is 10.0. The molecule has 2 heterocycles. The van der Waals surface area contributed by atoms with Crippen molar-refractivity contribution >= 4 is 36.4 Å². The molecular formula is C17H27Cl2N3O. The summed E-state index contributed by atoms with van der Waals surface area (Å²) >= 11 is 0.